The molecular formula is C12H18N2O. The third-order valence-corrected chi connectivity index (χ3v) is 2.23. The van der Waals surface area contributed by atoms with Gasteiger partial charge in [-0.2, -0.15) is 0 Å². The molecule has 0 saturated heterocycles. The van der Waals surface area contributed by atoms with Crippen LogP contribution >= 0.6 is 0 Å². The van der Waals surface area contributed by atoms with Gasteiger partial charge in [0.1, 0.15) is 0 Å². The van der Waals surface area contributed by atoms with Crippen LogP contribution in [0.2, 0.25) is 0 Å². The van der Waals surface area contributed by atoms with Crippen molar-refractivity contribution in [3.63, 3.8) is 0 Å². The second-order valence-electron chi connectivity index (χ2n) is 3.38. The molecular weight excluding hydrogens is 188 g/mol. The Hall–Kier alpha value is -1.35. The zero-order valence-electron chi connectivity index (χ0n) is 9.42. The van der Waals surface area contributed by atoms with E-state index in [-0.39, 0.29) is 0 Å². The second kappa shape index (κ2) is 6.19. The van der Waals surface area contributed by atoms with Crippen LogP contribution in [0.3, 0.4) is 0 Å². The minimum Gasteiger partial charge on any atom is -0.481 e. The normalized spacial score (nSPS) is 10.0. The second-order valence-corrected chi connectivity index (χ2v) is 3.38. The maximum Gasteiger partial charge on any atom is 0.217 e. The van der Waals surface area contributed by atoms with E-state index >= 15 is 0 Å². The Morgan fingerprint density at radius 1 is 1.60 bits per heavy atom. The van der Waals surface area contributed by atoms with Gasteiger partial charge in [-0.15, -0.1) is 0 Å². The number of hydrogen-bond donors (Lipinski definition) is 1. The zero-order valence-corrected chi connectivity index (χ0v) is 9.42. The molecule has 0 amide bonds. The number of nitrogens with one attached hydrogen (secondary N) is 1. The summed E-state index contributed by atoms with van der Waals surface area (Å²) in [5, 5.41) is 3.31. The molecule has 3 heteroatoms. The fraction of sp³-hybridized carbons (Fsp3) is 0.417. The van der Waals surface area contributed by atoms with Crippen LogP contribution in [-0.2, 0) is 6.54 Å². The van der Waals surface area contributed by atoms with E-state index in [1.807, 2.05) is 12.1 Å². The molecule has 0 unspecified atom stereocenters. The lowest BCUT2D eigenvalue weighted by molar-refractivity contribution is 0.391. The molecule has 0 aliphatic rings. The third kappa shape index (κ3) is 3.72. The lowest BCUT2D eigenvalue weighted by atomic mass is 10.2. The Balaban J connectivity index is 2.46. The molecule has 3 nitrogen and oxygen atoms in total. The summed E-state index contributed by atoms with van der Waals surface area (Å²) < 4.78 is 5.16. The number of rotatable bonds is 6. The van der Waals surface area contributed by atoms with Crippen LogP contribution in [0.5, 0.6) is 5.88 Å². The van der Waals surface area contributed by atoms with E-state index in [9.17, 15) is 0 Å². The summed E-state index contributed by atoms with van der Waals surface area (Å²) in [7, 11) is 1.64. The van der Waals surface area contributed by atoms with Crippen molar-refractivity contribution in [2.45, 2.75) is 19.9 Å². The molecule has 0 aliphatic carbocycles. The summed E-state index contributed by atoms with van der Waals surface area (Å²) in [4.78, 5) is 4.13. The van der Waals surface area contributed by atoms with Crippen LogP contribution in [0.15, 0.2) is 30.5 Å². The SMILES string of the molecule is C=C(CC)CNCc1cccnc1OC. The smallest absolute Gasteiger partial charge is 0.217 e. The molecule has 15 heavy (non-hydrogen) atoms. The van der Waals surface area contributed by atoms with Gasteiger partial charge in [0.2, 0.25) is 5.88 Å². The van der Waals surface area contributed by atoms with Gasteiger partial charge in [0.05, 0.1) is 7.11 Å². The van der Waals surface area contributed by atoms with Crippen LogP contribution < -0.4 is 10.1 Å². The van der Waals surface area contributed by atoms with Crippen LogP contribution in [0, 0.1) is 0 Å². The van der Waals surface area contributed by atoms with Gasteiger partial charge < -0.3 is 10.1 Å². The van der Waals surface area contributed by atoms with Gasteiger partial charge in [-0.05, 0) is 12.5 Å². The fourth-order valence-corrected chi connectivity index (χ4v) is 1.24. The molecule has 0 aromatic carbocycles. The quantitative estimate of drug-likeness (QED) is 0.724. The molecule has 1 aromatic heterocycles. The van der Waals surface area contributed by atoms with Crippen molar-refractivity contribution in [3.05, 3.63) is 36.0 Å². The molecule has 1 N–H and O–H groups in total. The predicted molar refractivity (Wildman–Crippen MR) is 61.9 cm³/mol. The molecule has 82 valence electrons. The third-order valence-electron chi connectivity index (χ3n) is 2.23. The van der Waals surface area contributed by atoms with Crippen molar-refractivity contribution in [2.24, 2.45) is 0 Å². The van der Waals surface area contributed by atoms with E-state index in [0.717, 1.165) is 25.1 Å². The zero-order chi connectivity index (χ0) is 11.1. The standard InChI is InChI=1S/C12H18N2O/c1-4-10(2)8-13-9-11-6-5-7-14-12(11)15-3/h5-7,13H,2,4,8-9H2,1,3H3. The van der Waals surface area contributed by atoms with E-state index in [0.29, 0.717) is 5.88 Å². The Morgan fingerprint density at radius 2 is 2.40 bits per heavy atom. The Morgan fingerprint density at radius 3 is 3.07 bits per heavy atom. The molecule has 0 radical (unpaired) electrons. The first-order chi connectivity index (χ1) is 7.27. The highest BCUT2D eigenvalue weighted by atomic mass is 16.5. The van der Waals surface area contributed by atoms with Crippen molar-refractivity contribution in [3.8, 4) is 5.88 Å². The van der Waals surface area contributed by atoms with Gasteiger partial charge in [0.25, 0.3) is 0 Å². The lowest BCUT2D eigenvalue weighted by Crippen LogP contribution is -2.16. The highest BCUT2D eigenvalue weighted by Gasteiger charge is 2.01. The molecule has 0 aliphatic heterocycles. The lowest BCUT2D eigenvalue weighted by Gasteiger charge is -2.08. The maximum absolute atomic E-state index is 5.16. The predicted octanol–water partition coefficient (Wildman–Crippen LogP) is 2.15. The number of ether oxygens (including phenoxy) is 1. The molecule has 1 aromatic rings. The van der Waals surface area contributed by atoms with Gasteiger partial charge in [0, 0.05) is 24.8 Å². The monoisotopic (exact) mass is 206 g/mol. The highest BCUT2D eigenvalue weighted by Crippen LogP contribution is 2.12. The molecule has 0 bridgehead atoms. The first kappa shape index (κ1) is 11.7. The van der Waals surface area contributed by atoms with Gasteiger partial charge >= 0.3 is 0 Å². The summed E-state index contributed by atoms with van der Waals surface area (Å²) in [6.45, 7) is 7.65. The minimum atomic E-state index is 0.687. The molecule has 1 rings (SSSR count). The summed E-state index contributed by atoms with van der Waals surface area (Å²) in [5.74, 6) is 0.687. The average molecular weight is 206 g/mol. The van der Waals surface area contributed by atoms with Crippen molar-refractivity contribution in [1.29, 1.82) is 0 Å². The van der Waals surface area contributed by atoms with E-state index in [4.69, 9.17) is 4.74 Å². The van der Waals surface area contributed by atoms with Crippen LogP contribution in [0.1, 0.15) is 18.9 Å². The maximum atomic E-state index is 5.16. The van der Waals surface area contributed by atoms with Crippen molar-refractivity contribution in [2.75, 3.05) is 13.7 Å². The van der Waals surface area contributed by atoms with Gasteiger partial charge in [-0.25, -0.2) is 4.98 Å². The van der Waals surface area contributed by atoms with E-state index in [1.165, 1.54) is 5.57 Å². The summed E-state index contributed by atoms with van der Waals surface area (Å²) in [6, 6.07) is 3.92. The van der Waals surface area contributed by atoms with Gasteiger partial charge in [0.15, 0.2) is 0 Å². The summed E-state index contributed by atoms with van der Waals surface area (Å²) in [6.07, 6.45) is 2.74. The van der Waals surface area contributed by atoms with Crippen molar-refractivity contribution < 1.29 is 4.74 Å². The number of hydrogen-bond acceptors (Lipinski definition) is 3. The molecule has 0 atom stereocenters. The Kier molecular flexibility index (Phi) is 4.84. The Labute approximate surface area is 91.2 Å². The first-order valence-electron chi connectivity index (χ1n) is 5.13. The molecule has 1 heterocycles. The van der Waals surface area contributed by atoms with E-state index in [2.05, 4.69) is 23.8 Å². The van der Waals surface area contributed by atoms with Crippen LogP contribution in [-0.4, -0.2) is 18.6 Å². The average Bonchev–Trinajstić information content (AvgIpc) is 2.29. The number of methoxy groups -OCH3 is 1. The minimum absolute atomic E-state index is 0.687. The summed E-state index contributed by atoms with van der Waals surface area (Å²) >= 11 is 0. The molecule has 0 saturated carbocycles. The van der Waals surface area contributed by atoms with Gasteiger partial charge in [-0.3, -0.25) is 0 Å². The highest BCUT2D eigenvalue weighted by molar-refractivity contribution is 5.25. The van der Waals surface area contributed by atoms with Crippen molar-refractivity contribution >= 4 is 0 Å². The molecule has 0 spiro atoms. The van der Waals surface area contributed by atoms with Crippen molar-refractivity contribution in [1.82, 2.24) is 10.3 Å². The van der Waals surface area contributed by atoms with Crippen LogP contribution in [0.25, 0.3) is 0 Å². The summed E-state index contributed by atoms with van der Waals surface area (Å²) in [5.41, 5.74) is 2.28. The first-order valence-corrected chi connectivity index (χ1v) is 5.13. The fourth-order valence-electron chi connectivity index (χ4n) is 1.24. The number of aromatic nitrogens is 1. The van der Waals surface area contributed by atoms with Crippen LogP contribution in [0.4, 0.5) is 0 Å². The topological polar surface area (TPSA) is 34.2 Å². The molecule has 0 fully saturated rings. The number of pyridine rings is 1. The van der Waals surface area contributed by atoms with Gasteiger partial charge in [-0.1, -0.05) is 25.1 Å². The largest absolute Gasteiger partial charge is 0.481 e. The Bertz CT molecular complexity index is 323. The van der Waals surface area contributed by atoms with E-state index in [1.54, 1.807) is 13.3 Å². The van der Waals surface area contributed by atoms with E-state index < -0.39 is 0 Å². The number of nitrogens with zero attached hydrogens (tertiary/aromatic N) is 1.